The van der Waals surface area contributed by atoms with Gasteiger partial charge < -0.3 is 4.90 Å². The average Bonchev–Trinajstić information content (AvgIpc) is 2.39. The predicted octanol–water partition coefficient (Wildman–Crippen LogP) is 2.74. The van der Waals surface area contributed by atoms with Crippen LogP contribution < -0.4 is 4.90 Å². The number of piperazine rings is 1. The van der Waals surface area contributed by atoms with Crippen molar-refractivity contribution in [2.45, 2.75) is 19.7 Å². The highest BCUT2D eigenvalue weighted by Gasteiger charge is 2.21. The first-order chi connectivity index (χ1) is 9.11. The number of hydrogen-bond donors (Lipinski definition) is 0. The van der Waals surface area contributed by atoms with E-state index in [2.05, 4.69) is 23.7 Å². The molecule has 0 spiro atoms. The van der Waals surface area contributed by atoms with Gasteiger partial charge >= 0.3 is 0 Å². The van der Waals surface area contributed by atoms with Gasteiger partial charge in [0.2, 0.25) is 0 Å². The van der Waals surface area contributed by atoms with Gasteiger partial charge in [-0.25, -0.2) is 9.37 Å². The molecule has 1 aromatic heterocycles. The van der Waals surface area contributed by atoms with Crippen LogP contribution in [0.3, 0.4) is 0 Å². The summed E-state index contributed by atoms with van der Waals surface area (Å²) < 4.78 is 14.2. The van der Waals surface area contributed by atoms with Crippen molar-refractivity contribution in [3.63, 3.8) is 0 Å². The molecule has 0 radical (unpaired) electrons. The number of halogens is 2. The highest BCUT2D eigenvalue weighted by molar-refractivity contribution is 6.17. The molecule has 0 aliphatic carbocycles. The van der Waals surface area contributed by atoms with Gasteiger partial charge in [0.05, 0.1) is 5.88 Å². The minimum Gasteiger partial charge on any atom is -0.352 e. The monoisotopic (exact) mass is 285 g/mol. The molecule has 2 heterocycles. The number of aromatic nitrogens is 1. The van der Waals surface area contributed by atoms with E-state index in [1.165, 1.54) is 0 Å². The molecular weight excluding hydrogens is 265 g/mol. The second kappa shape index (κ2) is 6.53. The van der Waals surface area contributed by atoms with E-state index in [1.807, 2.05) is 4.90 Å². The lowest BCUT2D eigenvalue weighted by Crippen LogP contribution is -2.48. The van der Waals surface area contributed by atoms with Crippen molar-refractivity contribution in [1.29, 1.82) is 0 Å². The lowest BCUT2D eigenvalue weighted by molar-refractivity contribution is 0.230. The number of anilines is 1. The van der Waals surface area contributed by atoms with Gasteiger partial charge in [-0.15, -0.1) is 11.6 Å². The highest BCUT2D eigenvalue weighted by Crippen LogP contribution is 2.22. The summed E-state index contributed by atoms with van der Waals surface area (Å²) in [5.74, 6) is 1.03. The summed E-state index contributed by atoms with van der Waals surface area (Å²) in [6.07, 6.45) is 1.64. The summed E-state index contributed by atoms with van der Waals surface area (Å²) >= 11 is 5.73. The molecule has 5 heteroatoms. The van der Waals surface area contributed by atoms with Crippen LogP contribution in [0.4, 0.5) is 10.2 Å². The summed E-state index contributed by atoms with van der Waals surface area (Å²) in [7, 11) is 0. The second-order valence-electron chi connectivity index (χ2n) is 5.42. The molecule has 0 aromatic carbocycles. The smallest absolute Gasteiger partial charge is 0.170 e. The van der Waals surface area contributed by atoms with E-state index >= 15 is 0 Å². The molecule has 19 heavy (non-hydrogen) atoms. The Morgan fingerprint density at radius 1 is 1.32 bits per heavy atom. The molecule has 2 rings (SSSR count). The Morgan fingerprint density at radius 2 is 2.00 bits per heavy atom. The Bertz CT molecular complexity index is 417. The highest BCUT2D eigenvalue weighted by atomic mass is 35.5. The number of pyridine rings is 1. The molecule has 1 aliphatic rings. The Balaban J connectivity index is 2.01. The zero-order valence-electron chi connectivity index (χ0n) is 11.6. The van der Waals surface area contributed by atoms with Crippen LogP contribution in [0.25, 0.3) is 0 Å². The lowest BCUT2D eigenvalue weighted by Gasteiger charge is -2.36. The minimum atomic E-state index is -0.269. The van der Waals surface area contributed by atoms with Crippen LogP contribution in [0, 0.1) is 11.7 Å². The van der Waals surface area contributed by atoms with Crippen LogP contribution in [-0.2, 0) is 5.88 Å². The van der Waals surface area contributed by atoms with E-state index < -0.39 is 0 Å². The van der Waals surface area contributed by atoms with Crippen LogP contribution in [0.5, 0.6) is 0 Å². The summed E-state index contributed by atoms with van der Waals surface area (Å²) in [5.41, 5.74) is 0.524. The maximum absolute atomic E-state index is 14.2. The van der Waals surface area contributed by atoms with Crippen molar-refractivity contribution in [1.82, 2.24) is 9.88 Å². The van der Waals surface area contributed by atoms with Crippen LogP contribution in [0.2, 0.25) is 0 Å². The van der Waals surface area contributed by atoms with Crippen molar-refractivity contribution in [2.75, 3.05) is 37.6 Å². The average molecular weight is 286 g/mol. The molecular formula is C14H21ClFN3. The molecule has 3 nitrogen and oxygen atoms in total. The Morgan fingerprint density at radius 3 is 2.58 bits per heavy atom. The third kappa shape index (κ3) is 3.57. The lowest BCUT2D eigenvalue weighted by atomic mass is 10.2. The fourth-order valence-electron chi connectivity index (χ4n) is 2.45. The van der Waals surface area contributed by atoms with E-state index in [1.54, 1.807) is 12.3 Å². The van der Waals surface area contributed by atoms with Crippen molar-refractivity contribution in [3.05, 3.63) is 23.6 Å². The van der Waals surface area contributed by atoms with Crippen LogP contribution in [-0.4, -0.2) is 42.6 Å². The van der Waals surface area contributed by atoms with Gasteiger partial charge in [0.25, 0.3) is 0 Å². The topological polar surface area (TPSA) is 19.4 Å². The SMILES string of the molecule is CC(C)CN1CCN(c2nccc(CCl)c2F)CC1. The van der Waals surface area contributed by atoms with E-state index in [-0.39, 0.29) is 11.7 Å². The first-order valence-electron chi connectivity index (χ1n) is 6.78. The number of alkyl halides is 1. The number of nitrogens with zero attached hydrogens (tertiary/aromatic N) is 3. The summed E-state index contributed by atoms with van der Waals surface area (Å²) in [6.45, 7) is 9.11. The van der Waals surface area contributed by atoms with Gasteiger partial charge in [0.1, 0.15) is 0 Å². The molecule has 0 bridgehead atoms. The Kier molecular flexibility index (Phi) is 4.99. The van der Waals surface area contributed by atoms with Crippen LogP contribution in [0.1, 0.15) is 19.4 Å². The first-order valence-corrected chi connectivity index (χ1v) is 7.32. The summed E-state index contributed by atoms with van der Waals surface area (Å²) in [5, 5.41) is 0. The van der Waals surface area contributed by atoms with Crippen LogP contribution >= 0.6 is 11.6 Å². The minimum absolute atomic E-state index is 0.189. The van der Waals surface area contributed by atoms with E-state index in [0.717, 1.165) is 32.7 Å². The molecule has 0 saturated carbocycles. The number of rotatable bonds is 4. The molecule has 1 saturated heterocycles. The van der Waals surface area contributed by atoms with Crippen LogP contribution in [0.15, 0.2) is 12.3 Å². The second-order valence-corrected chi connectivity index (χ2v) is 5.69. The standard InChI is InChI=1S/C14H21ClFN3/c1-11(2)10-18-5-7-19(8-6-18)14-13(16)12(9-15)3-4-17-14/h3-4,11H,5-10H2,1-2H3. The first kappa shape index (κ1) is 14.5. The molecule has 0 amide bonds. The Hall–Kier alpha value is -0.870. The maximum Gasteiger partial charge on any atom is 0.170 e. The van der Waals surface area contributed by atoms with Gasteiger partial charge in [-0.3, -0.25) is 4.90 Å². The predicted molar refractivity (Wildman–Crippen MR) is 77.2 cm³/mol. The fourth-order valence-corrected chi connectivity index (χ4v) is 2.66. The van der Waals surface area contributed by atoms with Gasteiger partial charge in [-0.1, -0.05) is 13.8 Å². The fraction of sp³-hybridized carbons (Fsp3) is 0.643. The molecule has 0 atom stereocenters. The van der Waals surface area contributed by atoms with Gasteiger partial charge in [0, 0.05) is 44.5 Å². The molecule has 1 fully saturated rings. The molecule has 1 aliphatic heterocycles. The third-order valence-electron chi connectivity index (χ3n) is 3.39. The van der Waals surface area contributed by atoms with Crippen molar-refractivity contribution in [3.8, 4) is 0 Å². The Labute approximate surface area is 119 Å². The third-order valence-corrected chi connectivity index (χ3v) is 3.68. The van der Waals surface area contributed by atoms with Gasteiger partial charge in [-0.05, 0) is 12.0 Å². The van der Waals surface area contributed by atoms with E-state index in [0.29, 0.717) is 17.3 Å². The van der Waals surface area contributed by atoms with E-state index in [4.69, 9.17) is 11.6 Å². The summed E-state index contributed by atoms with van der Waals surface area (Å²) in [4.78, 5) is 8.61. The molecule has 0 unspecified atom stereocenters. The molecule has 0 N–H and O–H groups in total. The number of hydrogen-bond acceptors (Lipinski definition) is 3. The largest absolute Gasteiger partial charge is 0.352 e. The van der Waals surface area contributed by atoms with E-state index in [9.17, 15) is 4.39 Å². The zero-order valence-corrected chi connectivity index (χ0v) is 12.3. The van der Waals surface area contributed by atoms with Crippen molar-refractivity contribution >= 4 is 17.4 Å². The summed E-state index contributed by atoms with van der Waals surface area (Å²) in [6, 6.07) is 1.64. The van der Waals surface area contributed by atoms with Crippen molar-refractivity contribution in [2.24, 2.45) is 5.92 Å². The van der Waals surface area contributed by atoms with Gasteiger partial charge in [-0.2, -0.15) is 0 Å². The maximum atomic E-state index is 14.2. The normalized spacial score (nSPS) is 17.2. The van der Waals surface area contributed by atoms with Gasteiger partial charge in [0.15, 0.2) is 11.6 Å². The quantitative estimate of drug-likeness (QED) is 0.793. The molecule has 106 valence electrons. The zero-order chi connectivity index (χ0) is 13.8. The van der Waals surface area contributed by atoms with Crippen molar-refractivity contribution < 1.29 is 4.39 Å². The molecule has 1 aromatic rings.